The van der Waals surface area contributed by atoms with E-state index in [0.29, 0.717) is 29.1 Å². The SMILES string of the molecule is CCn1c(=O)c(=O)[nH]c2cc(C(=O)NC3CC4CCC3(C)C4(C)C)ccc21. The summed E-state index contributed by atoms with van der Waals surface area (Å²) < 4.78 is 1.43. The molecule has 4 rings (SSSR count). The molecule has 0 saturated heterocycles. The Balaban J connectivity index is 1.66. The monoisotopic (exact) mass is 369 g/mol. The number of amides is 1. The van der Waals surface area contributed by atoms with Crippen LogP contribution in [0.1, 0.15) is 57.3 Å². The first-order valence-corrected chi connectivity index (χ1v) is 9.77. The van der Waals surface area contributed by atoms with Crippen LogP contribution in [0.2, 0.25) is 0 Å². The van der Waals surface area contributed by atoms with Gasteiger partial charge in [0.25, 0.3) is 5.91 Å². The number of nitrogens with zero attached hydrogens (tertiary/aromatic N) is 1. The second-order valence-corrected chi connectivity index (χ2v) is 8.87. The molecular formula is C21H27N3O3. The Morgan fingerprint density at radius 2 is 2.04 bits per heavy atom. The lowest BCUT2D eigenvalue weighted by Crippen LogP contribution is -2.46. The van der Waals surface area contributed by atoms with Crippen molar-refractivity contribution < 1.29 is 4.79 Å². The number of carbonyl (C=O) groups is 1. The number of nitrogens with one attached hydrogen (secondary N) is 2. The molecule has 3 unspecified atom stereocenters. The molecule has 1 aromatic heterocycles. The average Bonchev–Trinajstić information content (AvgIpc) is 2.96. The Morgan fingerprint density at radius 3 is 2.63 bits per heavy atom. The fraction of sp³-hybridized carbons (Fsp3) is 0.571. The summed E-state index contributed by atoms with van der Waals surface area (Å²) >= 11 is 0. The Morgan fingerprint density at radius 1 is 1.30 bits per heavy atom. The molecular weight excluding hydrogens is 342 g/mol. The maximum Gasteiger partial charge on any atom is 0.316 e. The number of benzene rings is 1. The standard InChI is InChI=1S/C21H27N3O3/c1-5-24-15-7-6-12(10-14(15)22-18(26)19(24)27)17(25)23-16-11-13-8-9-21(16,4)20(13,2)3/h6-7,10,13,16H,5,8-9,11H2,1-4H3,(H,22,26)(H,23,25). The van der Waals surface area contributed by atoms with Crippen LogP contribution in [0.5, 0.6) is 0 Å². The molecule has 0 aliphatic heterocycles. The Bertz CT molecular complexity index is 1050. The zero-order chi connectivity index (χ0) is 19.6. The van der Waals surface area contributed by atoms with Crippen LogP contribution in [0.25, 0.3) is 11.0 Å². The largest absolute Gasteiger partial charge is 0.349 e. The van der Waals surface area contributed by atoms with E-state index in [1.54, 1.807) is 18.2 Å². The van der Waals surface area contributed by atoms with Gasteiger partial charge in [-0.25, -0.2) is 0 Å². The molecule has 144 valence electrons. The Hall–Kier alpha value is -2.37. The maximum atomic E-state index is 12.9. The van der Waals surface area contributed by atoms with E-state index in [1.807, 2.05) is 6.92 Å². The van der Waals surface area contributed by atoms with Crippen molar-refractivity contribution in [2.24, 2.45) is 16.7 Å². The topological polar surface area (TPSA) is 84.0 Å². The van der Waals surface area contributed by atoms with E-state index in [0.717, 1.165) is 12.8 Å². The van der Waals surface area contributed by atoms with Crippen molar-refractivity contribution in [3.63, 3.8) is 0 Å². The van der Waals surface area contributed by atoms with Crippen LogP contribution in [0.4, 0.5) is 0 Å². The number of hydrogen-bond donors (Lipinski definition) is 2. The molecule has 6 heteroatoms. The zero-order valence-corrected chi connectivity index (χ0v) is 16.4. The zero-order valence-electron chi connectivity index (χ0n) is 16.4. The highest BCUT2D eigenvalue weighted by Gasteiger charge is 2.61. The number of aromatic amines is 1. The van der Waals surface area contributed by atoms with Crippen molar-refractivity contribution in [3.05, 3.63) is 44.5 Å². The van der Waals surface area contributed by atoms with Gasteiger partial charge in [-0.2, -0.15) is 0 Å². The predicted octanol–water partition coefficient (Wildman–Crippen LogP) is 2.65. The van der Waals surface area contributed by atoms with Crippen LogP contribution < -0.4 is 16.4 Å². The number of aromatic nitrogens is 2. The Labute approximate surface area is 158 Å². The van der Waals surface area contributed by atoms with Gasteiger partial charge < -0.3 is 14.9 Å². The fourth-order valence-corrected chi connectivity index (χ4v) is 5.40. The fourth-order valence-electron chi connectivity index (χ4n) is 5.40. The third-order valence-electron chi connectivity index (χ3n) is 7.65. The van der Waals surface area contributed by atoms with Gasteiger partial charge in [0.05, 0.1) is 11.0 Å². The molecule has 2 saturated carbocycles. The first-order chi connectivity index (χ1) is 12.7. The van der Waals surface area contributed by atoms with Crippen LogP contribution in [-0.4, -0.2) is 21.5 Å². The summed E-state index contributed by atoms with van der Waals surface area (Å²) in [6.07, 6.45) is 3.40. The molecule has 1 aromatic carbocycles. The van der Waals surface area contributed by atoms with Gasteiger partial charge in [0.15, 0.2) is 0 Å². The maximum absolute atomic E-state index is 12.9. The first-order valence-electron chi connectivity index (χ1n) is 9.77. The van der Waals surface area contributed by atoms with Crippen molar-refractivity contribution in [1.29, 1.82) is 0 Å². The molecule has 27 heavy (non-hydrogen) atoms. The molecule has 6 nitrogen and oxygen atoms in total. The lowest BCUT2D eigenvalue weighted by atomic mass is 9.69. The number of carbonyl (C=O) groups excluding carboxylic acids is 1. The average molecular weight is 369 g/mol. The van der Waals surface area contributed by atoms with Gasteiger partial charge in [-0.15, -0.1) is 0 Å². The number of rotatable bonds is 3. The third-order valence-corrected chi connectivity index (χ3v) is 7.65. The quantitative estimate of drug-likeness (QED) is 0.816. The summed E-state index contributed by atoms with van der Waals surface area (Å²) in [5.74, 6) is 0.529. The van der Waals surface area contributed by atoms with Crippen LogP contribution in [0.15, 0.2) is 27.8 Å². The van der Waals surface area contributed by atoms with E-state index in [4.69, 9.17) is 0 Å². The van der Waals surface area contributed by atoms with Crippen molar-refractivity contribution >= 4 is 16.9 Å². The van der Waals surface area contributed by atoms with Gasteiger partial charge in [0.1, 0.15) is 0 Å². The van der Waals surface area contributed by atoms with Crippen molar-refractivity contribution in [3.8, 4) is 0 Å². The van der Waals surface area contributed by atoms with Gasteiger partial charge in [-0.3, -0.25) is 14.4 Å². The third kappa shape index (κ3) is 2.42. The predicted molar refractivity (Wildman–Crippen MR) is 105 cm³/mol. The first kappa shape index (κ1) is 18.0. The number of fused-ring (bicyclic) bond motifs is 3. The number of hydrogen-bond acceptors (Lipinski definition) is 3. The van der Waals surface area contributed by atoms with Gasteiger partial charge in [0.2, 0.25) is 0 Å². The highest BCUT2D eigenvalue weighted by Crippen LogP contribution is 2.65. The minimum Gasteiger partial charge on any atom is -0.349 e. The molecule has 2 aliphatic carbocycles. The highest BCUT2D eigenvalue weighted by atomic mass is 16.2. The van der Waals surface area contributed by atoms with E-state index in [2.05, 4.69) is 31.1 Å². The Kier molecular flexibility index (Phi) is 3.88. The van der Waals surface area contributed by atoms with Crippen LogP contribution in [0, 0.1) is 16.7 Å². The minimum absolute atomic E-state index is 0.112. The summed E-state index contributed by atoms with van der Waals surface area (Å²) in [6, 6.07) is 5.29. The summed E-state index contributed by atoms with van der Waals surface area (Å²) in [5.41, 5.74) is 0.755. The lowest BCUT2D eigenvalue weighted by molar-refractivity contribution is 0.0826. The molecule has 2 bridgehead atoms. The van der Waals surface area contributed by atoms with E-state index >= 15 is 0 Å². The molecule has 3 atom stereocenters. The van der Waals surface area contributed by atoms with Crippen molar-refractivity contribution in [1.82, 2.24) is 14.9 Å². The molecule has 1 heterocycles. The van der Waals surface area contributed by atoms with Gasteiger partial charge in [0, 0.05) is 18.2 Å². The summed E-state index contributed by atoms with van der Waals surface area (Å²) in [5, 5.41) is 3.24. The summed E-state index contributed by atoms with van der Waals surface area (Å²) in [7, 11) is 0. The van der Waals surface area contributed by atoms with E-state index in [1.165, 1.54) is 11.0 Å². The number of H-pyrrole nitrogens is 1. The molecule has 2 N–H and O–H groups in total. The second-order valence-electron chi connectivity index (χ2n) is 8.87. The molecule has 0 spiro atoms. The molecule has 2 aliphatic rings. The smallest absolute Gasteiger partial charge is 0.316 e. The molecule has 2 fully saturated rings. The summed E-state index contributed by atoms with van der Waals surface area (Å²) in [6.45, 7) is 9.16. The van der Waals surface area contributed by atoms with Crippen molar-refractivity contribution in [2.45, 2.75) is 59.5 Å². The summed E-state index contributed by atoms with van der Waals surface area (Å²) in [4.78, 5) is 39.4. The van der Waals surface area contributed by atoms with Crippen molar-refractivity contribution in [2.75, 3.05) is 0 Å². The van der Waals surface area contributed by atoms with Crippen LogP contribution in [-0.2, 0) is 6.54 Å². The molecule has 0 radical (unpaired) electrons. The van der Waals surface area contributed by atoms with Crippen LogP contribution >= 0.6 is 0 Å². The van der Waals surface area contributed by atoms with E-state index < -0.39 is 11.1 Å². The number of aryl methyl sites for hydroxylation is 1. The van der Waals surface area contributed by atoms with Crippen LogP contribution in [0.3, 0.4) is 0 Å². The lowest BCUT2D eigenvalue weighted by Gasteiger charge is -2.39. The van der Waals surface area contributed by atoms with Gasteiger partial charge >= 0.3 is 11.1 Å². The van der Waals surface area contributed by atoms with E-state index in [9.17, 15) is 14.4 Å². The second kappa shape index (κ2) is 5.81. The highest BCUT2D eigenvalue weighted by molar-refractivity contribution is 5.97. The normalized spacial score (nSPS) is 28.6. The molecule has 2 aromatic rings. The van der Waals surface area contributed by atoms with Gasteiger partial charge in [-0.05, 0) is 61.1 Å². The molecule has 1 amide bonds. The van der Waals surface area contributed by atoms with Gasteiger partial charge in [-0.1, -0.05) is 20.8 Å². The van der Waals surface area contributed by atoms with E-state index in [-0.39, 0.29) is 22.8 Å². The minimum atomic E-state index is -0.663.